The van der Waals surface area contributed by atoms with Gasteiger partial charge in [0, 0.05) is 18.2 Å². The number of furan rings is 1. The number of hydrogen-bond donors (Lipinski definition) is 2. The van der Waals surface area contributed by atoms with Crippen LogP contribution in [-0.4, -0.2) is 34.2 Å². The SMILES string of the molecule is CCCCn1nc(C)c(/C=C/C(=O)OCC(=O)NNC(=O)c2ccco2)c1Cl. The van der Waals surface area contributed by atoms with Gasteiger partial charge < -0.3 is 9.15 Å². The third-order valence-electron chi connectivity index (χ3n) is 3.62. The largest absolute Gasteiger partial charge is 0.459 e. The Labute approximate surface area is 166 Å². The van der Waals surface area contributed by atoms with Crippen molar-refractivity contribution < 1.29 is 23.5 Å². The number of hydrazine groups is 1. The van der Waals surface area contributed by atoms with Crippen LogP contribution in [0.2, 0.25) is 5.15 Å². The van der Waals surface area contributed by atoms with Gasteiger partial charge in [-0.3, -0.25) is 25.1 Å². The summed E-state index contributed by atoms with van der Waals surface area (Å²) in [5.41, 5.74) is 5.54. The summed E-state index contributed by atoms with van der Waals surface area (Å²) in [7, 11) is 0. The molecule has 2 amide bonds. The third kappa shape index (κ3) is 5.98. The second-order valence-corrected chi connectivity index (χ2v) is 6.15. The molecule has 0 fully saturated rings. The molecule has 0 aliphatic rings. The summed E-state index contributed by atoms with van der Waals surface area (Å²) in [6.45, 7) is 3.98. The van der Waals surface area contributed by atoms with E-state index in [-0.39, 0.29) is 5.76 Å². The second-order valence-electron chi connectivity index (χ2n) is 5.79. The molecule has 2 N–H and O–H groups in total. The molecule has 28 heavy (non-hydrogen) atoms. The number of carbonyl (C=O) groups is 3. The fraction of sp³-hybridized carbons (Fsp3) is 0.333. The molecule has 2 rings (SSSR count). The first kappa shape index (κ1) is 21.2. The van der Waals surface area contributed by atoms with Crippen molar-refractivity contribution in [2.24, 2.45) is 0 Å². The number of unbranched alkanes of at least 4 members (excludes halogenated alkanes) is 1. The summed E-state index contributed by atoms with van der Waals surface area (Å²) in [4.78, 5) is 35.0. The molecule has 10 heteroatoms. The summed E-state index contributed by atoms with van der Waals surface area (Å²) in [5.74, 6) is -2.03. The lowest BCUT2D eigenvalue weighted by atomic mass is 10.2. The molecule has 0 aliphatic heterocycles. The Morgan fingerprint density at radius 1 is 1.36 bits per heavy atom. The van der Waals surface area contributed by atoms with E-state index < -0.39 is 24.4 Å². The molecule has 0 saturated heterocycles. The Bertz CT molecular complexity index is 858. The Balaban J connectivity index is 1.79. The number of ether oxygens (including phenoxy) is 1. The zero-order valence-electron chi connectivity index (χ0n) is 15.5. The highest BCUT2D eigenvalue weighted by Gasteiger charge is 2.13. The molecule has 2 aromatic rings. The zero-order valence-corrected chi connectivity index (χ0v) is 16.3. The van der Waals surface area contributed by atoms with Gasteiger partial charge in [0.15, 0.2) is 12.4 Å². The summed E-state index contributed by atoms with van der Waals surface area (Å²) in [5, 5.41) is 4.77. The number of rotatable bonds is 8. The van der Waals surface area contributed by atoms with Gasteiger partial charge in [-0.1, -0.05) is 24.9 Å². The standard InChI is InChI=1S/C18H21ClN4O5/c1-3-4-9-23-17(19)13(12(2)22-23)7-8-16(25)28-11-15(24)20-21-18(26)14-6-5-10-27-14/h5-8,10H,3-4,9,11H2,1-2H3,(H,20,24)(H,21,26)/b8-7+. The minimum absolute atomic E-state index is 0.0342. The molecule has 150 valence electrons. The molecular formula is C18H21ClN4O5. The van der Waals surface area contributed by atoms with Crippen LogP contribution in [0.5, 0.6) is 0 Å². The number of aryl methyl sites for hydroxylation is 2. The number of aromatic nitrogens is 2. The minimum Gasteiger partial charge on any atom is -0.459 e. The van der Waals surface area contributed by atoms with E-state index in [0.717, 1.165) is 18.9 Å². The minimum atomic E-state index is -0.732. The van der Waals surface area contributed by atoms with E-state index in [1.807, 2.05) is 0 Å². The van der Waals surface area contributed by atoms with Crippen molar-refractivity contribution >= 4 is 35.5 Å². The third-order valence-corrected chi connectivity index (χ3v) is 4.02. The van der Waals surface area contributed by atoms with Crippen LogP contribution in [0.1, 0.15) is 41.6 Å². The molecule has 0 spiro atoms. The fourth-order valence-electron chi connectivity index (χ4n) is 2.18. The average molecular weight is 409 g/mol. The van der Waals surface area contributed by atoms with Crippen molar-refractivity contribution in [2.45, 2.75) is 33.2 Å². The first-order valence-corrected chi connectivity index (χ1v) is 9.00. The maximum atomic E-state index is 11.8. The van der Waals surface area contributed by atoms with E-state index in [4.69, 9.17) is 20.8 Å². The Hall–Kier alpha value is -3.07. The van der Waals surface area contributed by atoms with Gasteiger partial charge in [0.1, 0.15) is 5.15 Å². The number of hydrogen-bond acceptors (Lipinski definition) is 6. The van der Waals surface area contributed by atoms with Crippen LogP contribution in [0.4, 0.5) is 0 Å². The van der Waals surface area contributed by atoms with Gasteiger partial charge in [0.2, 0.25) is 0 Å². The number of halogens is 1. The first-order chi connectivity index (χ1) is 13.4. The van der Waals surface area contributed by atoms with Gasteiger partial charge >= 0.3 is 11.9 Å². The van der Waals surface area contributed by atoms with Crippen LogP contribution in [0, 0.1) is 6.92 Å². The van der Waals surface area contributed by atoms with Gasteiger partial charge in [-0.2, -0.15) is 5.10 Å². The van der Waals surface area contributed by atoms with Gasteiger partial charge in [-0.05, 0) is 31.6 Å². The van der Waals surface area contributed by atoms with Crippen molar-refractivity contribution in [3.8, 4) is 0 Å². The maximum absolute atomic E-state index is 11.8. The maximum Gasteiger partial charge on any atom is 0.331 e. The highest BCUT2D eigenvalue weighted by atomic mass is 35.5. The molecule has 2 aromatic heterocycles. The fourth-order valence-corrected chi connectivity index (χ4v) is 2.50. The first-order valence-electron chi connectivity index (χ1n) is 8.62. The molecule has 0 unspecified atom stereocenters. The Kier molecular flexibility index (Phi) is 7.82. The van der Waals surface area contributed by atoms with Gasteiger partial charge in [-0.25, -0.2) is 4.79 Å². The lowest BCUT2D eigenvalue weighted by Crippen LogP contribution is -2.43. The Morgan fingerprint density at radius 2 is 2.14 bits per heavy atom. The highest BCUT2D eigenvalue weighted by Crippen LogP contribution is 2.21. The molecule has 0 aromatic carbocycles. The predicted octanol–water partition coefficient (Wildman–Crippen LogP) is 2.26. The van der Waals surface area contributed by atoms with Gasteiger partial charge in [0.05, 0.1) is 12.0 Å². The summed E-state index contributed by atoms with van der Waals surface area (Å²) in [6.07, 6.45) is 5.93. The second kappa shape index (κ2) is 10.3. The monoisotopic (exact) mass is 408 g/mol. The summed E-state index contributed by atoms with van der Waals surface area (Å²) in [6, 6.07) is 2.97. The van der Waals surface area contributed by atoms with E-state index in [0.29, 0.717) is 23.0 Å². The van der Waals surface area contributed by atoms with Crippen LogP contribution in [0.25, 0.3) is 6.08 Å². The van der Waals surface area contributed by atoms with Crippen molar-refractivity contribution in [3.05, 3.63) is 46.6 Å². The van der Waals surface area contributed by atoms with Crippen LogP contribution in [-0.2, 0) is 20.9 Å². The number of carbonyl (C=O) groups excluding carboxylic acids is 3. The number of amides is 2. The van der Waals surface area contributed by atoms with Crippen LogP contribution in [0.3, 0.4) is 0 Å². The predicted molar refractivity (Wildman–Crippen MR) is 101 cm³/mol. The van der Waals surface area contributed by atoms with Crippen molar-refractivity contribution in [1.82, 2.24) is 20.6 Å². The van der Waals surface area contributed by atoms with E-state index >= 15 is 0 Å². The average Bonchev–Trinajstić information content (AvgIpc) is 3.30. The number of nitrogens with zero attached hydrogens (tertiary/aromatic N) is 2. The molecule has 0 radical (unpaired) electrons. The quantitative estimate of drug-likeness (QED) is 0.393. The molecule has 0 bridgehead atoms. The van der Waals surface area contributed by atoms with E-state index in [1.54, 1.807) is 11.6 Å². The highest BCUT2D eigenvalue weighted by molar-refractivity contribution is 6.31. The lowest BCUT2D eigenvalue weighted by molar-refractivity contribution is -0.144. The molecular weight excluding hydrogens is 388 g/mol. The zero-order chi connectivity index (χ0) is 20.5. The smallest absolute Gasteiger partial charge is 0.331 e. The van der Waals surface area contributed by atoms with Crippen LogP contribution in [0.15, 0.2) is 28.9 Å². The van der Waals surface area contributed by atoms with Crippen molar-refractivity contribution in [1.29, 1.82) is 0 Å². The molecule has 2 heterocycles. The van der Waals surface area contributed by atoms with Gasteiger partial charge in [-0.15, -0.1) is 0 Å². The van der Waals surface area contributed by atoms with Crippen molar-refractivity contribution in [2.75, 3.05) is 6.61 Å². The van der Waals surface area contributed by atoms with Crippen LogP contribution >= 0.6 is 11.6 Å². The summed E-state index contributed by atoms with van der Waals surface area (Å²) >= 11 is 6.27. The van der Waals surface area contributed by atoms with E-state index in [2.05, 4.69) is 22.9 Å². The van der Waals surface area contributed by atoms with E-state index in [1.165, 1.54) is 24.5 Å². The topological polar surface area (TPSA) is 115 Å². The molecule has 0 aliphatic carbocycles. The Morgan fingerprint density at radius 3 is 2.82 bits per heavy atom. The summed E-state index contributed by atoms with van der Waals surface area (Å²) < 4.78 is 11.4. The van der Waals surface area contributed by atoms with Crippen LogP contribution < -0.4 is 10.9 Å². The molecule has 0 atom stereocenters. The molecule has 9 nitrogen and oxygen atoms in total. The number of nitrogens with one attached hydrogen (secondary N) is 2. The number of esters is 1. The normalized spacial score (nSPS) is 10.8. The molecule has 0 saturated carbocycles. The van der Waals surface area contributed by atoms with E-state index in [9.17, 15) is 14.4 Å². The van der Waals surface area contributed by atoms with Gasteiger partial charge in [0.25, 0.3) is 5.91 Å². The lowest BCUT2D eigenvalue weighted by Gasteiger charge is -2.05. The van der Waals surface area contributed by atoms with Crippen molar-refractivity contribution in [3.63, 3.8) is 0 Å².